The molecule has 0 amide bonds. The molecule has 2 rings (SSSR count). The largest absolute Gasteiger partial charge is 1.00 e. The van der Waals surface area contributed by atoms with Gasteiger partial charge in [-0.2, -0.15) is 0 Å². The average Bonchev–Trinajstić information content (AvgIpc) is 2.32. The van der Waals surface area contributed by atoms with Crippen LogP contribution in [0.4, 0.5) is 5.69 Å². The minimum absolute atomic E-state index is 0. The molecule has 0 unspecified atom stereocenters. The molecule has 7 heteroatoms. The van der Waals surface area contributed by atoms with Crippen molar-refractivity contribution in [1.82, 2.24) is 0 Å². The Morgan fingerprint density at radius 3 is 2.32 bits per heavy atom. The van der Waals surface area contributed by atoms with Gasteiger partial charge >= 0.3 is 51.4 Å². The molecule has 1 N–H and O–H groups in total. The summed E-state index contributed by atoms with van der Waals surface area (Å²) in [6.07, 6.45) is 0. The van der Waals surface area contributed by atoms with Crippen LogP contribution in [-0.2, 0) is 0 Å². The summed E-state index contributed by atoms with van der Waals surface area (Å²) >= 11 is 7.10. The first-order chi connectivity index (χ1) is 8.16. The van der Waals surface area contributed by atoms with E-state index in [1.54, 1.807) is 12.1 Å². The number of nitrogens with zero attached hydrogens (tertiary/aromatic N) is 1. The SMILES string of the molecule is O=[N+]([O-])c1cc(Cl)ccc1Sc1ccccc1.[K+].[OH-]. The van der Waals surface area contributed by atoms with Gasteiger partial charge in [-0.1, -0.05) is 41.6 Å². The van der Waals surface area contributed by atoms with E-state index < -0.39 is 4.92 Å². The minimum atomic E-state index is -0.419. The first-order valence-corrected chi connectivity index (χ1v) is 6.03. The molecule has 0 aliphatic heterocycles. The van der Waals surface area contributed by atoms with Gasteiger partial charge in [0.05, 0.1) is 9.82 Å². The first-order valence-electron chi connectivity index (χ1n) is 4.83. The third-order valence-electron chi connectivity index (χ3n) is 2.09. The monoisotopic (exact) mass is 321 g/mol. The second-order valence-electron chi connectivity index (χ2n) is 3.28. The number of benzene rings is 2. The molecule has 0 bridgehead atoms. The quantitative estimate of drug-likeness (QED) is 0.484. The molecule has 0 saturated heterocycles. The van der Waals surface area contributed by atoms with Crippen LogP contribution in [0.1, 0.15) is 0 Å². The molecule has 0 spiro atoms. The van der Waals surface area contributed by atoms with Crippen molar-refractivity contribution >= 4 is 29.1 Å². The summed E-state index contributed by atoms with van der Waals surface area (Å²) < 4.78 is 0. The number of nitro groups is 1. The Balaban J connectivity index is 0.00000162. The Bertz CT molecular complexity index is 554. The number of halogens is 1. The molecule has 0 atom stereocenters. The van der Waals surface area contributed by atoms with E-state index in [4.69, 9.17) is 11.6 Å². The van der Waals surface area contributed by atoms with Crippen LogP contribution in [0, 0.1) is 10.1 Å². The number of hydrogen-bond donors (Lipinski definition) is 0. The van der Waals surface area contributed by atoms with Gasteiger partial charge in [-0.3, -0.25) is 10.1 Å². The summed E-state index contributed by atoms with van der Waals surface area (Å²) in [7, 11) is 0. The van der Waals surface area contributed by atoms with Gasteiger partial charge < -0.3 is 5.48 Å². The predicted molar refractivity (Wildman–Crippen MR) is 70.6 cm³/mol. The molecule has 0 aliphatic rings. The van der Waals surface area contributed by atoms with Crippen molar-refractivity contribution in [3.8, 4) is 0 Å². The van der Waals surface area contributed by atoms with E-state index >= 15 is 0 Å². The van der Waals surface area contributed by atoms with Gasteiger partial charge in [-0.05, 0) is 24.3 Å². The molecule has 0 aliphatic carbocycles. The molecule has 94 valence electrons. The van der Waals surface area contributed by atoms with Crippen molar-refractivity contribution in [2.24, 2.45) is 0 Å². The Hall–Kier alpha value is 0.0764. The van der Waals surface area contributed by atoms with E-state index in [9.17, 15) is 10.1 Å². The van der Waals surface area contributed by atoms with Crippen LogP contribution in [0.3, 0.4) is 0 Å². The van der Waals surface area contributed by atoms with Crippen LogP contribution in [-0.4, -0.2) is 10.4 Å². The van der Waals surface area contributed by atoms with Crippen LogP contribution >= 0.6 is 23.4 Å². The molecule has 2 aromatic rings. The second kappa shape index (κ2) is 9.09. The van der Waals surface area contributed by atoms with Gasteiger partial charge in [-0.25, -0.2) is 0 Å². The molecule has 2 aromatic carbocycles. The Labute approximate surface area is 162 Å². The summed E-state index contributed by atoms with van der Waals surface area (Å²) in [4.78, 5) is 12.0. The summed E-state index contributed by atoms with van der Waals surface area (Å²) in [5.41, 5.74) is 0.0337. The van der Waals surface area contributed by atoms with E-state index in [-0.39, 0.29) is 62.5 Å². The maximum Gasteiger partial charge on any atom is 1.00 e. The smallest absolute Gasteiger partial charge is 0.870 e. The number of rotatable bonds is 3. The van der Waals surface area contributed by atoms with Crippen molar-refractivity contribution in [3.05, 3.63) is 63.7 Å². The van der Waals surface area contributed by atoms with Crippen LogP contribution in [0.2, 0.25) is 5.02 Å². The topological polar surface area (TPSA) is 73.1 Å². The minimum Gasteiger partial charge on any atom is -0.870 e. The zero-order valence-corrected chi connectivity index (χ0v) is 14.8. The first kappa shape index (κ1) is 19.1. The van der Waals surface area contributed by atoms with E-state index in [0.29, 0.717) is 9.92 Å². The Morgan fingerprint density at radius 1 is 1.11 bits per heavy atom. The predicted octanol–water partition coefficient (Wildman–Crippen LogP) is 1.23. The van der Waals surface area contributed by atoms with Crippen LogP contribution in [0.25, 0.3) is 0 Å². The fourth-order valence-corrected chi connectivity index (χ4v) is 2.42. The fraction of sp³-hybridized carbons (Fsp3) is 0. The van der Waals surface area contributed by atoms with Gasteiger partial charge in [0.2, 0.25) is 0 Å². The molecular formula is C12H9ClKNO3S. The molecule has 0 saturated carbocycles. The maximum atomic E-state index is 10.9. The van der Waals surface area contributed by atoms with Gasteiger partial charge in [-0.15, -0.1) is 0 Å². The van der Waals surface area contributed by atoms with Crippen LogP contribution in [0.15, 0.2) is 58.3 Å². The number of nitro benzene ring substituents is 1. The fourth-order valence-electron chi connectivity index (χ4n) is 1.34. The molecule has 0 heterocycles. The van der Waals surface area contributed by atoms with Crippen molar-refractivity contribution < 1.29 is 61.8 Å². The zero-order chi connectivity index (χ0) is 12.3. The third-order valence-corrected chi connectivity index (χ3v) is 3.40. The third kappa shape index (κ3) is 5.53. The van der Waals surface area contributed by atoms with E-state index in [2.05, 4.69) is 0 Å². The summed E-state index contributed by atoms with van der Waals surface area (Å²) in [5.74, 6) is 0. The molecule has 0 aromatic heterocycles. The maximum absolute atomic E-state index is 10.9. The molecular weight excluding hydrogens is 313 g/mol. The van der Waals surface area contributed by atoms with E-state index in [1.165, 1.54) is 17.8 Å². The average molecular weight is 322 g/mol. The number of hydrogen-bond acceptors (Lipinski definition) is 4. The van der Waals surface area contributed by atoms with Crippen LogP contribution in [0.5, 0.6) is 0 Å². The second-order valence-corrected chi connectivity index (χ2v) is 4.84. The molecule has 0 radical (unpaired) electrons. The summed E-state index contributed by atoms with van der Waals surface area (Å²) in [5, 5.41) is 11.3. The van der Waals surface area contributed by atoms with Crippen molar-refractivity contribution in [3.63, 3.8) is 0 Å². The van der Waals surface area contributed by atoms with Crippen molar-refractivity contribution in [2.45, 2.75) is 9.79 Å². The molecule has 4 nitrogen and oxygen atoms in total. The van der Waals surface area contributed by atoms with Crippen molar-refractivity contribution in [2.75, 3.05) is 0 Å². The van der Waals surface area contributed by atoms with Gasteiger partial charge in [0.15, 0.2) is 0 Å². The molecule has 19 heavy (non-hydrogen) atoms. The van der Waals surface area contributed by atoms with E-state index in [1.807, 2.05) is 30.3 Å². The van der Waals surface area contributed by atoms with Gasteiger partial charge in [0.1, 0.15) is 0 Å². The Morgan fingerprint density at radius 2 is 1.74 bits per heavy atom. The van der Waals surface area contributed by atoms with E-state index in [0.717, 1.165) is 4.90 Å². The standard InChI is InChI=1S/C12H8ClNO2S.K.H2O/c13-9-6-7-12(11(8-9)14(15)16)17-10-4-2-1-3-5-10;;/h1-8H;;1H2/q;+1;/p-1. The molecule has 0 fully saturated rings. The van der Waals surface area contributed by atoms with Gasteiger partial charge in [0, 0.05) is 16.0 Å². The Kier molecular flexibility index (Phi) is 9.13. The summed E-state index contributed by atoms with van der Waals surface area (Å²) in [6.45, 7) is 0. The summed E-state index contributed by atoms with van der Waals surface area (Å²) in [6, 6.07) is 14.2. The van der Waals surface area contributed by atoms with Gasteiger partial charge in [0.25, 0.3) is 5.69 Å². The van der Waals surface area contributed by atoms with Crippen molar-refractivity contribution in [1.29, 1.82) is 0 Å². The normalized spacial score (nSPS) is 9.11. The van der Waals surface area contributed by atoms with Crippen LogP contribution < -0.4 is 51.4 Å². The zero-order valence-electron chi connectivity index (χ0n) is 10.1.